The number of rotatable bonds is 6. The number of benzene rings is 3. The normalized spacial score (nSPS) is 11.1. The van der Waals surface area contributed by atoms with Crippen LogP contribution in [0, 0.1) is 18.6 Å². The van der Waals surface area contributed by atoms with Gasteiger partial charge in [0.25, 0.3) is 10.0 Å². The average molecular weight is 416 g/mol. The Morgan fingerprint density at radius 3 is 2.14 bits per heavy atom. The van der Waals surface area contributed by atoms with Crippen molar-refractivity contribution in [2.45, 2.75) is 18.2 Å². The lowest BCUT2D eigenvalue weighted by Gasteiger charge is -2.09. The first-order valence-electron chi connectivity index (χ1n) is 8.66. The summed E-state index contributed by atoms with van der Waals surface area (Å²) in [6.07, 6.45) is 0.0422. The third-order valence-electron chi connectivity index (χ3n) is 4.15. The summed E-state index contributed by atoms with van der Waals surface area (Å²) in [5.74, 6) is -1.26. The third kappa shape index (κ3) is 5.39. The molecule has 150 valence electrons. The second-order valence-corrected chi connectivity index (χ2v) is 8.13. The number of anilines is 2. The second-order valence-electron chi connectivity index (χ2n) is 6.45. The highest BCUT2D eigenvalue weighted by Crippen LogP contribution is 2.18. The van der Waals surface area contributed by atoms with E-state index in [2.05, 4.69) is 10.0 Å². The Bertz CT molecular complexity index is 1130. The molecule has 3 rings (SSSR count). The summed E-state index contributed by atoms with van der Waals surface area (Å²) in [7, 11) is -3.85. The molecular formula is C21H18F2N2O3S. The molecule has 3 aromatic carbocycles. The van der Waals surface area contributed by atoms with Crippen LogP contribution in [0.15, 0.2) is 71.6 Å². The summed E-state index contributed by atoms with van der Waals surface area (Å²) in [6, 6.07) is 15.2. The molecule has 0 atom stereocenters. The van der Waals surface area contributed by atoms with Crippen molar-refractivity contribution in [3.63, 3.8) is 0 Å². The standard InChI is InChI=1S/C21H18F2N2O3S/c1-14-2-7-18(13-20(14)23)24-21(26)12-15-3-8-17(9-4-15)25-29(27,28)19-10-5-16(22)6-11-19/h2-11,13,25H,12H2,1H3,(H,24,26). The highest BCUT2D eigenvalue weighted by atomic mass is 32.2. The Balaban J connectivity index is 1.63. The number of carbonyl (C=O) groups is 1. The monoisotopic (exact) mass is 416 g/mol. The van der Waals surface area contributed by atoms with E-state index in [0.717, 1.165) is 12.1 Å². The first-order valence-corrected chi connectivity index (χ1v) is 10.1. The summed E-state index contributed by atoms with van der Waals surface area (Å²) in [5.41, 5.74) is 1.81. The van der Waals surface area contributed by atoms with E-state index in [1.807, 2.05) is 0 Å². The Hall–Kier alpha value is -3.26. The molecule has 8 heteroatoms. The van der Waals surface area contributed by atoms with Gasteiger partial charge in [0, 0.05) is 11.4 Å². The Kier molecular flexibility index (Phi) is 5.93. The van der Waals surface area contributed by atoms with Gasteiger partial charge in [-0.1, -0.05) is 18.2 Å². The zero-order chi connectivity index (χ0) is 21.0. The zero-order valence-electron chi connectivity index (χ0n) is 15.4. The molecule has 1 amide bonds. The van der Waals surface area contributed by atoms with E-state index in [9.17, 15) is 22.0 Å². The second kappa shape index (κ2) is 8.40. The molecule has 5 nitrogen and oxygen atoms in total. The van der Waals surface area contributed by atoms with Crippen LogP contribution >= 0.6 is 0 Å². The minimum atomic E-state index is -3.85. The molecular weight excluding hydrogens is 398 g/mol. The average Bonchev–Trinajstić information content (AvgIpc) is 2.66. The molecule has 0 bridgehead atoms. The number of hydrogen-bond acceptors (Lipinski definition) is 3. The Morgan fingerprint density at radius 2 is 1.52 bits per heavy atom. The zero-order valence-corrected chi connectivity index (χ0v) is 16.3. The largest absolute Gasteiger partial charge is 0.326 e. The fourth-order valence-electron chi connectivity index (χ4n) is 2.58. The molecule has 0 saturated carbocycles. The number of halogens is 2. The summed E-state index contributed by atoms with van der Waals surface area (Å²) < 4.78 is 53.5. The molecule has 0 spiro atoms. The predicted molar refractivity (Wildman–Crippen MR) is 107 cm³/mol. The minimum absolute atomic E-state index is 0.0422. The highest BCUT2D eigenvalue weighted by molar-refractivity contribution is 7.92. The van der Waals surface area contributed by atoms with Gasteiger partial charge in [0.05, 0.1) is 11.3 Å². The van der Waals surface area contributed by atoms with E-state index >= 15 is 0 Å². The van der Waals surface area contributed by atoms with Crippen molar-refractivity contribution >= 4 is 27.3 Å². The fourth-order valence-corrected chi connectivity index (χ4v) is 3.64. The Labute approximate surface area is 167 Å². The van der Waals surface area contributed by atoms with Gasteiger partial charge in [-0.25, -0.2) is 17.2 Å². The predicted octanol–water partition coefficient (Wildman–Crippen LogP) is 4.26. The minimum Gasteiger partial charge on any atom is -0.326 e. The molecule has 0 aromatic heterocycles. The number of hydrogen-bond donors (Lipinski definition) is 2. The highest BCUT2D eigenvalue weighted by Gasteiger charge is 2.14. The number of nitrogens with one attached hydrogen (secondary N) is 2. The molecule has 3 aromatic rings. The first-order chi connectivity index (χ1) is 13.7. The van der Waals surface area contributed by atoms with Crippen LogP contribution in [0.1, 0.15) is 11.1 Å². The lowest BCUT2D eigenvalue weighted by molar-refractivity contribution is -0.115. The van der Waals surface area contributed by atoms with Crippen molar-refractivity contribution in [3.8, 4) is 0 Å². The van der Waals surface area contributed by atoms with Gasteiger partial charge >= 0.3 is 0 Å². The van der Waals surface area contributed by atoms with Crippen LogP contribution in [-0.2, 0) is 21.2 Å². The van der Waals surface area contributed by atoms with E-state index < -0.39 is 21.7 Å². The van der Waals surface area contributed by atoms with Crippen molar-refractivity contribution < 1.29 is 22.0 Å². The molecule has 0 radical (unpaired) electrons. The number of amides is 1. The van der Waals surface area contributed by atoms with Gasteiger partial charge in [-0.15, -0.1) is 0 Å². The molecule has 0 saturated heterocycles. The lowest BCUT2D eigenvalue weighted by atomic mass is 10.1. The molecule has 2 N–H and O–H groups in total. The maximum atomic E-state index is 13.6. The van der Waals surface area contributed by atoms with Gasteiger partial charge < -0.3 is 5.32 Å². The Morgan fingerprint density at radius 1 is 0.897 bits per heavy atom. The van der Waals surface area contributed by atoms with Gasteiger partial charge in [-0.2, -0.15) is 0 Å². The summed E-state index contributed by atoms with van der Waals surface area (Å²) >= 11 is 0. The van der Waals surface area contributed by atoms with Gasteiger partial charge in [-0.3, -0.25) is 9.52 Å². The lowest BCUT2D eigenvalue weighted by Crippen LogP contribution is -2.15. The summed E-state index contributed by atoms with van der Waals surface area (Å²) in [4.78, 5) is 12.1. The van der Waals surface area contributed by atoms with Crippen LogP contribution in [0.5, 0.6) is 0 Å². The van der Waals surface area contributed by atoms with Crippen molar-refractivity contribution in [1.82, 2.24) is 0 Å². The van der Waals surface area contributed by atoms with Gasteiger partial charge in [-0.05, 0) is 66.6 Å². The number of sulfonamides is 1. The fraction of sp³-hybridized carbons (Fsp3) is 0.0952. The number of aryl methyl sites for hydroxylation is 1. The van der Waals surface area contributed by atoms with Crippen molar-refractivity contribution in [2.75, 3.05) is 10.0 Å². The van der Waals surface area contributed by atoms with Crippen LogP contribution in [0.4, 0.5) is 20.2 Å². The molecule has 0 fully saturated rings. The topological polar surface area (TPSA) is 75.3 Å². The number of carbonyl (C=O) groups excluding carboxylic acids is 1. The summed E-state index contributed by atoms with van der Waals surface area (Å²) in [6.45, 7) is 1.63. The molecule has 0 unspecified atom stereocenters. The van der Waals surface area contributed by atoms with Gasteiger partial charge in [0.1, 0.15) is 11.6 Å². The maximum absolute atomic E-state index is 13.6. The van der Waals surface area contributed by atoms with Crippen LogP contribution in [0.25, 0.3) is 0 Å². The molecule has 0 aliphatic carbocycles. The van der Waals surface area contributed by atoms with Crippen LogP contribution in [0.3, 0.4) is 0 Å². The van der Waals surface area contributed by atoms with Crippen LogP contribution < -0.4 is 10.0 Å². The van der Waals surface area contributed by atoms with Crippen LogP contribution in [0.2, 0.25) is 0 Å². The van der Waals surface area contributed by atoms with Crippen LogP contribution in [-0.4, -0.2) is 14.3 Å². The van der Waals surface area contributed by atoms with Gasteiger partial charge in [0.15, 0.2) is 0 Å². The maximum Gasteiger partial charge on any atom is 0.261 e. The molecule has 0 aliphatic heterocycles. The van der Waals surface area contributed by atoms with Gasteiger partial charge in [0.2, 0.25) is 5.91 Å². The van der Waals surface area contributed by atoms with E-state index in [1.54, 1.807) is 31.2 Å². The van der Waals surface area contributed by atoms with E-state index in [4.69, 9.17) is 0 Å². The smallest absolute Gasteiger partial charge is 0.261 e. The van der Waals surface area contributed by atoms with Crippen molar-refractivity contribution in [1.29, 1.82) is 0 Å². The molecule has 29 heavy (non-hydrogen) atoms. The summed E-state index contributed by atoms with van der Waals surface area (Å²) in [5, 5.41) is 2.62. The van der Waals surface area contributed by atoms with E-state index in [-0.39, 0.29) is 17.2 Å². The van der Waals surface area contributed by atoms with E-state index in [1.165, 1.54) is 30.3 Å². The first kappa shape index (κ1) is 20.5. The third-order valence-corrected chi connectivity index (χ3v) is 5.55. The SMILES string of the molecule is Cc1ccc(NC(=O)Cc2ccc(NS(=O)(=O)c3ccc(F)cc3)cc2)cc1F. The van der Waals surface area contributed by atoms with Crippen molar-refractivity contribution in [3.05, 3.63) is 89.5 Å². The van der Waals surface area contributed by atoms with E-state index in [0.29, 0.717) is 22.5 Å². The van der Waals surface area contributed by atoms with Crippen molar-refractivity contribution in [2.24, 2.45) is 0 Å². The quantitative estimate of drug-likeness (QED) is 0.631. The molecule has 0 aliphatic rings. The molecule has 0 heterocycles.